The van der Waals surface area contributed by atoms with Crippen LogP contribution in [0.1, 0.15) is 12.7 Å². The number of methoxy groups -OCH3 is 2. The van der Waals surface area contributed by atoms with Gasteiger partial charge in [0.15, 0.2) is 11.6 Å². The lowest BCUT2D eigenvalue weighted by molar-refractivity contribution is -0.0527. The minimum Gasteiger partial charge on any atom is -0.494 e. The molecule has 0 unspecified atom stereocenters. The molecule has 3 aromatic heterocycles. The second kappa shape index (κ2) is 11.5. The lowest BCUT2D eigenvalue weighted by Crippen LogP contribution is -2.29. The Morgan fingerprint density at radius 2 is 1.64 bits per heavy atom. The average Bonchev–Trinajstić information content (AvgIpc) is 3.31. The smallest absolute Gasteiger partial charge is 0.388 e. The zero-order valence-corrected chi connectivity index (χ0v) is 21.6. The summed E-state index contributed by atoms with van der Waals surface area (Å²) in [7, 11) is -1.37. The van der Waals surface area contributed by atoms with Crippen molar-refractivity contribution in [3.8, 4) is 34.6 Å². The number of ether oxygens (including phenoxy) is 3. The molecule has 0 amide bonds. The van der Waals surface area contributed by atoms with Gasteiger partial charge < -0.3 is 14.2 Å². The second-order valence-electron chi connectivity index (χ2n) is 7.91. The number of alkyl halides is 2. The van der Waals surface area contributed by atoms with Crippen molar-refractivity contribution in [2.45, 2.75) is 25.2 Å². The van der Waals surface area contributed by atoms with E-state index in [9.17, 15) is 21.6 Å². The number of pyridine rings is 1. The molecular weight excluding hydrogens is 543 g/mol. The Hall–Kier alpha value is -4.47. The summed E-state index contributed by atoms with van der Waals surface area (Å²) < 4.78 is 84.3. The fourth-order valence-corrected chi connectivity index (χ4v) is 4.47. The fourth-order valence-electron chi connectivity index (χ4n) is 3.52. The Morgan fingerprint density at radius 1 is 1.00 bits per heavy atom. The highest BCUT2D eigenvalue weighted by Crippen LogP contribution is 2.37. The molecule has 1 atom stereocenters. The number of para-hydroxylation sites is 1. The summed E-state index contributed by atoms with van der Waals surface area (Å²) in [4.78, 5) is 11.7. The second-order valence-corrected chi connectivity index (χ2v) is 10.0. The number of aromatic nitrogens is 6. The maximum Gasteiger partial charge on any atom is 0.388 e. The van der Waals surface area contributed by atoms with Crippen molar-refractivity contribution < 1.29 is 35.8 Å². The monoisotopic (exact) mass is 565 g/mol. The summed E-state index contributed by atoms with van der Waals surface area (Å²) in [5, 5.41) is 6.99. The number of rotatable bonds is 11. The molecule has 0 spiro atoms. The molecule has 0 saturated carbocycles. The molecule has 4 aromatic rings. The fraction of sp³-hybridized carbons (Fsp3) is 0.261. The highest BCUT2D eigenvalue weighted by Gasteiger charge is 2.29. The van der Waals surface area contributed by atoms with E-state index in [1.165, 1.54) is 43.9 Å². The first-order valence-electron chi connectivity index (χ1n) is 11.2. The van der Waals surface area contributed by atoms with Crippen LogP contribution >= 0.6 is 0 Å². The van der Waals surface area contributed by atoms with E-state index in [0.29, 0.717) is 0 Å². The van der Waals surface area contributed by atoms with Crippen LogP contribution in [0.3, 0.4) is 0 Å². The molecule has 39 heavy (non-hydrogen) atoms. The maximum absolute atomic E-state index is 13.3. The zero-order chi connectivity index (χ0) is 28.2. The number of benzene rings is 1. The Balaban J connectivity index is 1.81. The van der Waals surface area contributed by atoms with E-state index >= 15 is 0 Å². The van der Waals surface area contributed by atoms with Gasteiger partial charge >= 0.3 is 6.61 Å². The Morgan fingerprint density at radius 3 is 2.26 bits per heavy atom. The van der Waals surface area contributed by atoms with Gasteiger partial charge in [0.2, 0.25) is 21.9 Å². The van der Waals surface area contributed by atoms with Crippen LogP contribution in [0.5, 0.6) is 17.4 Å². The Labute approximate surface area is 220 Å². The molecule has 0 saturated heterocycles. The average molecular weight is 566 g/mol. The molecule has 1 aromatic carbocycles. The lowest BCUT2D eigenvalue weighted by Gasteiger charge is -2.19. The maximum atomic E-state index is 13.3. The molecule has 0 aliphatic heterocycles. The van der Waals surface area contributed by atoms with Crippen molar-refractivity contribution >= 4 is 16.0 Å². The normalized spacial score (nSPS) is 12.3. The first-order valence-corrected chi connectivity index (χ1v) is 12.7. The van der Waals surface area contributed by atoms with Crippen LogP contribution < -0.4 is 18.9 Å². The molecule has 4 rings (SSSR count). The molecular formula is C23H22F3N7O5S. The Kier molecular flexibility index (Phi) is 8.13. The van der Waals surface area contributed by atoms with Gasteiger partial charge in [-0.3, -0.25) is 9.29 Å². The van der Waals surface area contributed by atoms with Crippen LogP contribution in [-0.4, -0.2) is 64.2 Å². The van der Waals surface area contributed by atoms with Crippen LogP contribution in [0.15, 0.2) is 48.8 Å². The van der Waals surface area contributed by atoms with E-state index in [2.05, 4.69) is 34.6 Å². The third kappa shape index (κ3) is 6.17. The van der Waals surface area contributed by atoms with Crippen molar-refractivity contribution in [1.82, 2.24) is 29.7 Å². The summed E-state index contributed by atoms with van der Waals surface area (Å²) in [6, 6.07) is 8.93. The predicted octanol–water partition coefficient (Wildman–Crippen LogP) is 3.25. The molecule has 0 bridgehead atoms. The zero-order valence-electron chi connectivity index (χ0n) is 20.7. The van der Waals surface area contributed by atoms with Crippen LogP contribution in [0.4, 0.5) is 19.1 Å². The molecule has 0 fully saturated rings. The number of nitrogens with one attached hydrogen (secondary N) is 1. The number of hydrogen-bond donors (Lipinski definition) is 1. The molecule has 1 N–H and O–H groups in total. The molecule has 3 heterocycles. The van der Waals surface area contributed by atoms with E-state index in [-0.39, 0.29) is 52.8 Å². The minimum atomic E-state index is -4.16. The van der Waals surface area contributed by atoms with Gasteiger partial charge in [0, 0.05) is 12.5 Å². The number of nitrogens with zero attached hydrogens (tertiary/aromatic N) is 6. The first kappa shape index (κ1) is 27.6. The van der Waals surface area contributed by atoms with Gasteiger partial charge in [-0.2, -0.15) is 8.78 Å². The first-order chi connectivity index (χ1) is 18.6. The van der Waals surface area contributed by atoms with Crippen molar-refractivity contribution in [1.29, 1.82) is 0 Å². The number of anilines is 1. The van der Waals surface area contributed by atoms with E-state index < -0.39 is 27.7 Å². The summed E-state index contributed by atoms with van der Waals surface area (Å²) in [5.41, 5.74) is 0.239. The number of halogens is 3. The van der Waals surface area contributed by atoms with Crippen LogP contribution in [0.25, 0.3) is 17.2 Å². The topological polar surface area (TPSA) is 143 Å². The standard InChI is InChI=1S/C23H22F3N7O5S/c1-13(10-18-27-11-14(24)12-28-18)39(34,35)32-23-31-30-21(15-6-4-9-19(29-15)38-22(25)26)33(23)20-16(36-2)7-5-8-17(20)37-3/h4-9,11-13,22H,10H2,1-3H3,(H,31,32)/t13-/m1/s1. The van der Waals surface area contributed by atoms with Gasteiger partial charge in [0.05, 0.1) is 31.9 Å². The lowest BCUT2D eigenvalue weighted by atomic mass is 10.2. The summed E-state index contributed by atoms with van der Waals surface area (Å²) in [6.45, 7) is -1.71. The highest BCUT2D eigenvalue weighted by atomic mass is 32.2. The molecule has 0 radical (unpaired) electrons. The predicted molar refractivity (Wildman–Crippen MR) is 132 cm³/mol. The summed E-state index contributed by atoms with van der Waals surface area (Å²) in [5.74, 6) is -0.740. The molecule has 0 aliphatic rings. The minimum absolute atomic E-state index is 0.0341. The largest absolute Gasteiger partial charge is 0.494 e. The van der Waals surface area contributed by atoms with E-state index in [0.717, 1.165) is 12.4 Å². The van der Waals surface area contributed by atoms with Crippen molar-refractivity contribution in [2.24, 2.45) is 0 Å². The third-order valence-electron chi connectivity index (χ3n) is 5.36. The molecule has 0 aliphatic carbocycles. The molecule has 16 heteroatoms. The van der Waals surface area contributed by atoms with Crippen LogP contribution in [0.2, 0.25) is 0 Å². The van der Waals surface area contributed by atoms with Crippen molar-refractivity contribution in [3.63, 3.8) is 0 Å². The van der Waals surface area contributed by atoms with Crippen molar-refractivity contribution in [2.75, 3.05) is 18.9 Å². The number of hydrogen-bond acceptors (Lipinski definition) is 10. The van der Waals surface area contributed by atoms with E-state index in [1.54, 1.807) is 18.2 Å². The third-order valence-corrected chi connectivity index (χ3v) is 7.05. The highest BCUT2D eigenvalue weighted by molar-refractivity contribution is 7.93. The van der Waals surface area contributed by atoms with Gasteiger partial charge in [-0.05, 0) is 25.1 Å². The van der Waals surface area contributed by atoms with Gasteiger partial charge in [0.25, 0.3) is 0 Å². The van der Waals surface area contributed by atoms with Crippen LogP contribution in [0, 0.1) is 5.82 Å². The van der Waals surface area contributed by atoms with E-state index in [4.69, 9.17) is 9.47 Å². The van der Waals surface area contributed by atoms with Gasteiger partial charge in [-0.25, -0.2) is 27.8 Å². The van der Waals surface area contributed by atoms with E-state index in [1.807, 2.05) is 0 Å². The quantitative estimate of drug-likeness (QED) is 0.288. The van der Waals surface area contributed by atoms with Gasteiger partial charge in [0.1, 0.15) is 28.7 Å². The number of sulfonamides is 1. The van der Waals surface area contributed by atoms with Gasteiger partial charge in [-0.1, -0.05) is 12.1 Å². The Bertz CT molecular complexity index is 1530. The SMILES string of the molecule is COc1cccc(OC)c1-n1c(NS(=O)(=O)[C@H](C)Cc2ncc(F)cn2)nnc1-c1cccc(OC(F)F)n1. The summed E-state index contributed by atoms with van der Waals surface area (Å²) >= 11 is 0. The molecule has 12 nitrogen and oxygen atoms in total. The van der Waals surface area contributed by atoms with Gasteiger partial charge in [-0.15, -0.1) is 10.2 Å². The van der Waals surface area contributed by atoms with Crippen LogP contribution in [-0.2, 0) is 16.4 Å². The summed E-state index contributed by atoms with van der Waals surface area (Å²) in [6.07, 6.45) is 1.73. The van der Waals surface area contributed by atoms with Crippen molar-refractivity contribution in [3.05, 3.63) is 60.4 Å². The molecule has 206 valence electrons.